The number of nitrogens with one attached hydrogen (secondary N) is 1. The van der Waals surface area contributed by atoms with Crippen LogP contribution < -0.4 is 9.62 Å². The Kier molecular flexibility index (Phi) is 4.59. The topological polar surface area (TPSA) is 62.3 Å². The van der Waals surface area contributed by atoms with Crippen molar-refractivity contribution in [2.75, 3.05) is 21.9 Å². The monoisotopic (exact) mass is 371 g/mol. The van der Waals surface area contributed by atoms with E-state index < -0.39 is 21.8 Å². The lowest BCUT2D eigenvalue weighted by molar-refractivity contribution is -0.137. The van der Waals surface area contributed by atoms with Crippen molar-refractivity contribution in [1.82, 2.24) is 4.98 Å². The van der Waals surface area contributed by atoms with Gasteiger partial charge in [-0.15, -0.1) is 0 Å². The Bertz CT molecular complexity index is 869. The van der Waals surface area contributed by atoms with Crippen LogP contribution in [0.5, 0.6) is 0 Å². The molecule has 1 N–H and O–H groups in total. The first-order valence-electron chi connectivity index (χ1n) is 7.63. The van der Waals surface area contributed by atoms with Gasteiger partial charge in [-0.3, -0.25) is 4.31 Å². The maximum absolute atomic E-state index is 13.0. The molecule has 1 aromatic carbocycles. The molecule has 5 nitrogen and oxygen atoms in total. The number of aromatic nitrogens is 1. The minimum Gasteiger partial charge on any atom is -0.365 e. The second-order valence-corrected chi connectivity index (χ2v) is 7.68. The van der Waals surface area contributed by atoms with E-state index in [0.717, 1.165) is 6.07 Å². The van der Waals surface area contributed by atoms with E-state index in [1.54, 1.807) is 24.3 Å². The molecule has 0 spiro atoms. The first kappa shape index (κ1) is 17.5. The number of nitrogens with zero attached hydrogens (tertiary/aromatic N) is 2. The molecular formula is C16H16F3N3O2S. The number of pyridine rings is 1. The van der Waals surface area contributed by atoms with Crippen LogP contribution in [-0.4, -0.2) is 25.7 Å². The second-order valence-electron chi connectivity index (χ2n) is 5.66. The largest absolute Gasteiger partial charge is 0.419 e. The van der Waals surface area contributed by atoms with E-state index in [2.05, 4.69) is 10.3 Å². The van der Waals surface area contributed by atoms with Crippen molar-refractivity contribution in [3.63, 3.8) is 0 Å². The van der Waals surface area contributed by atoms with Gasteiger partial charge in [-0.2, -0.15) is 13.2 Å². The van der Waals surface area contributed by atoms with Crippen molar-refractivity contribution in [1.29, 1.82) is 0 Å². The summed E-state index contributed by atoms with van der Waals surface area (Å²) in [7, 11) is -3.30. The predicted molar refractivity (Wildman–Crippen MR) is 88.8 cm³/mol. The van der Waals surface area contributed by atoms with Crippen LogP contribution >= 0.6 is 0 Å². The quantitative estimate of drug-likeness (QED) is 0.896. The van der Waals surface area contributed by atoms with Crippen LogP contribution in [0.3, 0.4) is 0 Å². The smallest absolute Gasteiger partial charge is 0.365 e. The number of halogens is 3. The summed E-state index contributed by atoms with van der Waals surface area (Å²) in [5.41, 5.74) is 0.348. The zero-order chi connectivity index (χ0) is 18.1. The number of sulfonamides is 1. The summed E-state index contributed by atoms with van der Waals surface area (Å²) in [4.78, 5) is 3.75. The average molecular weight is 371 g/mol. The number of anilines is 2. The maximum Gasteiger partial charge on any atom is 0.419 e. The van der Waals surface area contributed by atoms with Crippen LogP contribution in [-0.2, 0) is 22.7 Å². The fourth-order valence-electron chi connectivity index (χ4n) is 2.71. The lowest BCUT2D eigenvalue weighted by Crippen LogP contribution is -2.25. The van der Waals surface area contributed by atoms with Crippen molar-refractivity contribution in [2.45, 2.75) is 19.1 Å². The standard InChI is InChI=1S/C16H16F3N3O2S/c17-16(18,19)14-6-2-7-20-15(14)21-11-12-4-1-5-13(10-12)22-8-3-9-25(22,23)24/h1-2,4-7,10H,3,8-9,11H2,(H,20,21). The first-order chi connectivity index (χ1) is 11.8. The molecule has 134 valence electrons. The van der Waals surface area contributed by atoms with Gasteiger partial charge in [-0.25, -0.2) is 13.4 Å². The number of hydrogen-bond donors (Lipinski definition) is 1. The highest BCUT2D eigenvalue weighted by Crippen LogP contribution is 2.33. The molecule has 25 heavy (non-hydrogen) atoms. The third-order valence-corrected chi connectivity index (χ3v) is 5.74. The fourth-order valence-corrected chi connectivity index (χ4v) is 4.27. The van der Waals surface area contributed by atoms with Crippen LogP contribution in [0.15, 0.2) is 42.6 Å². The van der Waals surface area contributed by atoms with Crippen LogP contribution in [0.25, 0.3) is 0 Å². The van der Waals surface area contributed by atoms with Gasteiger partial charge in [0.2, 0.25) is 10.0 Å². The van der Waals surface area contributed by atoms with Gasteiger partial charge in [0, 0.05) is 19.3 Å². The maximum atomic E-state index is 13.0. The fraction of sp³-hybridized carbons (Fsp3) is 0.312. The number of alkyl halides is 3. The molecule has 2 heterocycles. The zero-order valence-electron chi connectivity index (χ0n) is 13.1. The summed E-state index contributed by atoms with van der Waals surface area (Å²) in [5, 5.41) is 2.68. The molecule has 2 aromatic rings. The van der Waals surface area contributed by atoms with E-state index >= 15 is 0 Å². The minimum absolute atomic E-state index is 0.0990. The molecule has 0 bridgehead atoms. The first-order valence-corrected chi connectivity index (χ1v) is 9.24. The minimum atomic E-state index is -4.50. The Morgan fingerprint density at radius 3 is 2.68 bits per heavy atom. The van der Waals surface area contributed by atoms with Gasteiger partial charge in [0.05, 0.1) is 17.0 Å². The molecule has 1 aliphatic rings. The Hall–Kier alpha value is -2.29. The Balaban J connectivity index is 1.79. The molecule has 9 heteroatoms. The van der Waals surface area contributed by atoms with Gasteiger partial charge in [-0.05, 0) is 36.2 Å². The van der Waals surface area contributed by atoms with Gasteiger partial charge in [0.15, 0.2) is 0 Å². The van der Waals surface area contributed by atoms with Crippen molar-refractivity contribution < 1.29 is 21.6 Å². The molecule has 0 amide bonds. The summed E-state index contributed by atoms with van der Waals surface area (Å²) < 4.78 is 64.2. The van der Waals surface area contributed by atoms with E-state index in [0.29, 0.717) is 24.2 Å². The number of hydrogen-bond acceptors (Lipinski definition) is 4. The van der Waals surface area contributed by atoms with Crippen LogP contribution in [0.4, 0.5) is 24.7 Å². The molecule has 3 rings (SSSR count). The predicted octanol–water partition coefficient (Wildman–Crippen LogP) is 3.25. The Labute approximate surface area is 143 Å². The molecule has 1 aromatic heterocycles. The van der Waals surface area contributed by atoms with Crippen LogP contribution in [0.2, 0.25) is 0 Å². The van der Waals surface area contributed by atoms with Gasteiger partial charge in [-0.1, -0.05) is 12.1 Å². The number of rotatable bonds is 4. The molecule has 1 fully saturated rings. The highest BCUT2D eigenvalue weighted by molar-refractivity contribution is 7.93. The Morgan fingerprint density at radius 1 is 1.20 bits per heavy atom. The summed E-state index contributed by atoms with van der Waals surface area (Å²) >= 11 is 0. The summed E-state index contributed by atoms with van der Waals surface area (Å²) in [6.45, 7) is 0.513. The van der Waals surface area contributed by atoms with E-state index in [1.807, 2.05) is 0 Å². The molecule has 0 aliphatic carbocycles. The SMILES string of the molecule is O=S1(=O)CCCN1c1cccc(CNc2ncccc2C(F)(F)F)c1. The highest BCUT2D eigenvalue weighted by atomic mass is 32.2. The molecule has 0 atom stereocenters. The molecule has 0 radical (unpaired) electrons. The molecular weight excluding hydrogens is 355 g/mol. The van der Waals surface area contributed by atoms with E-state index in [4.69, 9.17) is 0 Å². The van der Waals surface area contributed by atoms with Gasteiger partial charge in [0.1, 0.15) is 5.82 Å². The third-order valence-electron chi connectivity index (χ3n) is 3.87. The molecule has 1 aliphatic heterocycles. The molecule has 0 saturated carbocycles. The third kappa shape index (κ3) is 3.87. The molecule has 0 unspecified atom stereocenters. The summed E-state index contributed by atoms with van der Waals surface area (Å²) in [6, 6.07) is 8.93. The van der Waals surface area contributed by atoms with E-state index in [9.17, 15) is 21.6 Å². The normalized spacial score (nSPS) is 16.8. The van der Waals surface area contributed by atoms with Gasteiger partial charge >= 0.3 is 6.18 Å². The van der Waals surface area contributed by atoms with Crippen molar-refractivity contribution in [2.24, 2.45) is 0 Å². The Morgan fingerprint density at radius 2 is 2.00 bits per heavy atom. The zero-order valence-corrected chi connectivity index (χ0v) is 13.9. The lowest BCUT2D eigenvalue weighted by Gasteiger charge is -2.18. The highest BCUT2D eigenvalue weighted by Gasteiger charge is 2.34. The molecule has 1 saturated heterocycles. The lowest BCUT2D eigenvalue weighted by atomic mass is 10.2. The number of benzene rings is 1. The van der Waals surface area contributed by atoms with Crippen molar-refractivity contribution in [3.8, 4) is 0 Å². The van der Waals surface area contributed by atoms with Crippen molar-refractivity contribution in [3.05, 3.63) is 53.7 Å². The average Bonchev–Trinajstić information content (AvgIpc) is 2.92. The summed E-state index contributed by atoms with van der Waals surface area (Å²) in [5.74, 6) is -0.146. The van der Waals surface area contributed by atoms with Crippen LogP contribution in [0.1, 0.15) is 17.5 Å². The summed E-state index contributed by atoms with van der Waals surface area (Å²) in [6.07, 6.45) is -2.65. The van der Waals surface area contributed by atoms with Crippen LogP contribution in [0, 0.1) is 0 Å². The van der Waals surface area contributed by atoms with E-state index in [-0.39, 0.29) is 18.1 Å². The van der Waals surface area contributed by atoms with Crippen molar-refractivity contribution >= 4 is 21.5 Å². The van der Waals surface area contributed by atoms with Gasteiger partial charge in [0.25, 0.3) is 0 Å². The van der Waals surface area contributed by atoms with Gasteiger partial charge < -0.3 is 5.32 Å². The second kappa shape index (κ2) is 6.55. The van der Waals surface area contributed by atoms with E-state index in [1.165, 1.54) is 16.6 Å².